The van der Waals surface area contributed by atoms with Gasteiger partial charge < -0.3 is 14.7 Å². The van der Waals surface area contributed by atoms with Crippen molar-refractivity contribution in [3.63, 3.8) is 0 Å². The molecule has 0 atom stereocenters. The monoisotopic (exact) mass is 257 g/mol. The summed E-state index contributed by atoms with van der Waals surface area (Å²) < 4.78 is 0. The van der Waals surface area contributed by atoms with Crippen LogP contribution in [0.15, 0.2) is 0 Å². The first-order valence-corrected chi connectivity index (χ1v) is 1.80. The molecule has 0 rings (SSSR count). The molecule has 0 saturated heterocycles. The zero-order valence-corrected chi connectivity index (χ0v) is 4.60. The minimum Gasteiger partial charge on any atom is -0.328 e. The molecule has 0 bridgehead atoms. The molecule has 41 valence electrons. The summed E-state index contributed by atoms with van der Waals surface area (Å²) in [6, 6.07) is 0. The third kappa shape index (κ3) is 29.2. The average Bonchev–Trinajstić information content (AvgIpc) is 0.811. The third-order valence-electron chi connectivity index (χ3n) is 0. The predicted molar refractivity (Wildman–Crippen MR) is 13.6 cm³/mol. The quantitative estimate of drug-likeness (QED) is 0.497. The van der Waals surface area contributed by atoms with Crippen molar-refractivity contribution in [1.29, 1.82) is 0 Å². The van der Waals surface area contributed by atoms with Crippen molar-refractivity contribution < 1.29 is 51.6 Å². The van der Waals surface area contributed by atoms with E-state index in [1.165, 1.54) is 0 Å². The minimum absolute atomic E-state index is 0. The molecule has 0 spiro atoms. The summed E-state index contributed by atoms with van der Waals surface area (Å²) in [6.07, 6.45) is 0. The van der Waals surface area contributed by atoms with Crippen molar-refractivity contribution in [2.45, 2.75) is 0 Å². The van der Waals surface area contributed by atoms with Crippen LogP contribution >= 0.6 is 8.60 Å². The Hall–Kier alpha value is 1.54. The molecule has 5 heavy (non-hydrogen) atoms. The minimum atomic E-state index is -2.62. The molecule has 0 saturated carbocycles. The van der Waals surface area contributed by atoms with Crippen LogP contribution in [0, 0.1) is 36.9 Å². The van der Waals surface area contributed by atoms with Gasteiger partial charge in [-0.05, 0) is 0 Å². The Kier molecular flexibility index (Phi) is 10.8. The summed E-state index contributed by atoms with van der Waals surface area (Å²) in [7, 11) is -2.62. The molecule has 0 fully saturated rings. The van der Waals surface area contributed by atoms with Gasteiger partial charge in [0.25, 0.3) is 0 Å². The van der Waals surface area contributed by atoms with Gasteiger partial charge in [0.1, 0.15) is 0 Å². The maximum Gasteiger partial charge on any atom is 0.324 e. The van der Waals surface area contributed by atoms with Gasteiger partial charge in [0.15, 0.2) is 0 Å². The van der Waals surface area contributed by atoms with Crippen molar-refractivity contribution >= 4 is 8.60 Å². The summed E-state index contributed by atoms with van der Waals surface area (Å²) in [5.74, 6) is 0. The zero-order chi connectivity index (χ0) is 3.58. The van der Waals surface area contributed by atoms with E-state index in [1.807, 2.05) is 0 Å². The summed E-state index contributed by atoms with van der Waals surface area (Å²) >= 11 is 0. The van der Waals surface area contributed by atoms with E-state index in [2.05, 4.69) is 0 Å². The van der Waals surface area contributed by atoms with E-state index >= 15 is 0 Å². The fraction of sp³-hybridized carbons (Fsp3) is 0. The maximum atomic E-state index is 7.23. The van der Waals surface area contributed by atoms with Crippen LogP contribution < -0.4 is 0 Å². The molecule has 0 aromatic rings. The Morgan fingerprint density at radius 1 is 1.00 bits per heavy atom. The van der Waals surface area contributed by atoms with E-state index in [0.29, 0.717) is 0 Å². The Morgan fingerprint density at radius 3 is 1.00 bits per heavy atom. The van der Waals surface area contributed by atoms with Crippen molar-refractivity contribution in [3.8, 4) is 0 Å². The van der Waals surface area contributed by atoms with Gasteiger partial charge in [0, 0.05) is 36.9 Å². The topological polar surface area (TPSA) is 60.7 Å². The molecule has 0 aromatic carbocycles. The fourth-order valence-corrected chi connectivity index (χ4v) is 0. The zero-order valence-electron chi connectivity index (χ0n) is 2.05. The van der Waals surface area contributed by atoms with E-state index in [4.69, 9.17) is 14.7 Å². The van der Waals surface area contributed by atoms with Crippen LogP contribution in [0.1, 0.15) is 0 Å². The predicted octanol–water partition coefficient (Wildman–Crippen LogP) is -0.810. The van der Waals surface area contributed by atoms with Crippen molar-refractivity contribution in [1.82, 2.24) is 0 Å². The smallest absolute Gasteiger partial charge is 0.324 e. The van der Waals surface area contributed by atoms with Gasteiger partial charge in [-0.1, -0.05) is 0 Å². The Morgan fingerprint density at radius 2 is 1.00 bits per heavy atom. The van der Waals surface area contributed by atoms with Crippen LogP contribution in [-0.4, -0.2) is 14.7 Å². The first-order chi connectivity index (χ1) is 1.73. The van der Waals surface area contributed by atoms with Gasteiger partial charge in [-0.2, -0.15) is 0 Å². The van der Waals surface area contributed by atoms with Gasteiger partial charge >= 0.3 is 8.60 Å². The van der Waals surface area contributed by atoms with Gasteiger partial charge in [0.2, 0.25) is 0 Å². The molecule has 1 radical (unpaired) electrons. The van der Waals surface area contributed by atoms with E-state index < -0.39 is 8.60 Å². The molecule has 5 heteroatoms. The summed E-state index contributed by atoms with van der Waals surface area (Å²) in [5, 5.41) is 0. The molecule has 0 aliphatic carbocycles. The maximum absolute atomic E-state index is 7.23. The van der Waals surface area contributed by atoms with Crippen LogP contribution in [0.2, 0.25) is 0 Å². The number of hydrogen-bond acceptors (Lipinski definition) is 3. The standard InChI is InChI=1S/Lu.H3O3P/c;1-4(2)3/h;1-3H. The van der Waals surface area contributed by atoms with Gasteiger partial charge in [-0.25, -0.2) is 0 Å². The molecule has 3 nitrogen and oxygen atoms in total. The molecule has 0 amide bonds. The molecular formula is H3LuO3P. The van der Waals surface area contributed by atoms with E-state index in [1.54, 1.807) is 0 Å². The summed E-state index contributed by atoms with van der Waals surface area (Å²) in [5.41, 5.74) is 0. The average molecular weight is 257 g/mol. The summed E-state index contributed by atoms with van der Waals surface area (Å²) in [6.45, 7) is 0. The molecule has 0 heterocycles. The SMILES string of the molecule is OP(O)O.[Lu]. The second kappa shape index (κ2) is 5.54. The van der Waals surface area contributed by atoms with Crippen LogP contribution in [0.4, 0.5) is 0 Å². The Bertz CT molecular complexity index is 11.6. The van der Waals surface area contributed by atoms with Crippen LogP contribution in [0.25, 0.3) is 0 Å². The van der Waals surface area contributed by atoms with Crippen molar-refractivity contribution in [2.75, 3.05) is 0 Å². The molecule has 0 aliphatic heterocycles. The number of rotatable bonds is 0. The normalized spacial score (nSPS) is 7.20. The largest absolute Gasteiger partial charge is 0.328 e. The Labute approximate surface area is 59.8 Å². The van der Waals surface area contributed by atoms with Crippen LogP contribution in [0.3, 0.4) is 0 Å². The summed E-state index contributed by atoms with van der Waals surface area (Å²) in [4.78, 5) is 21.7. The van der Waals surface area contributed by atoms with Gasteiger partial charge in [-0.15, -0.1) is 0 Å². The van der Waals surface area contributed by atoms with Gasteiger partial charge in [-0.3, -0.25) is 0 Å². The second-order valence-electron chi connectivity index (χ2n) is 0.268. The molecule has 0 unspecified atom stereocenters. The van der Waals surface area contributed by atoms with Gasteiger partial charge in [0.05, 0.1) is 0 Å². The van der Waals surface area contributed by atoms with E-state index in [-0.39, 0.29) is 36.9 Å². The molecule has 0 aliphatic rings. The Balaban J connectivity index is 0. The van der Waals surface area contributed by atoms with Crippen LogP contribution in [-0.2, 0) is 0 Å². The molecule has 0 aromatic heterocycles. The van der Waals surface area contributed by atoms with Crippen molar-refractivity contribution in [2.24, 2.45) is 0 Å². The van der Waals surface area contributed by atoms with Crippen molar-refractivity contribution in [3.05, 3.63) is 0 Å². The van der Waals surface area contributed by atoms with Crippen LogP contribution in [0.5, 0.6) is 0 Å². The first kappa shape index (κ1) is 9.74. The fourth-order valence-electron chi connectivity index (χ4n) is 0. The first-order valence-electron chi connectivity index (χ1n) is 0.600. The van der Waals surface area contributed by atoms with E-state index in [9.17, 15) is 0 Å². The third-order valence-corrected chi connectivity index (χ3v) is 0. The van der Waals surface area contributed by atoms with E-state index in [0.717, 1.165) is 0 Å². The number of hydrogen-bond donors (Lipinski definition) is 3. The molecular weight excluding hydrogens is 254 g/mol. The second-order valence-corrected chi connectivity index (χ2v) is 0.805. The molecule has 3 N–H and O–H groups in total.